The van der Waals surface area contributed by atoms with Crippen molar-refractivity contribution < 1.29 is 0 Å². The van der Waals surface area contributed by atoms with Crippen molar-refractivity contribution in [1.29, 1.82) is 0 Å². The highest BCUT2D eigenvalue weighted by atomic mass is 79.9. The average molecular weight is 307 g/mol. The normalized spacial score (nSPS) is 10.9. The molecule has 1 heterocycles. The summed E-state index contributed by atoms with van der Waals surface area (Å²) >= 11 is 3.67. The van der Waals surface area contributed by atoms with Crippen molar-refractivity contribution >= 4 is 32.5 Å². The fourth-order valence-electron chi connectivity index (χ4n) is 2.30. The Hall–Kier alpha value is -1.09. The smallest absolute Gasteiger partial charge is 0.0732 e. The van der Waals surface area contributed by atoms with Crippen LogP contribution in [0.5, 0.6) is 0 Å². The molecule has 0 atom stereocenters. The fraction of sp³-hybridized carbons (Fsp3) is 0.400. The van der Waals surface area contributed by atoms with Crippen molar-refractivity contribution in [1.82, 2.24) is 4.98 Å². The lowest BCUT2D eigenvalue weighted by molar-refractivity contribution is 1.05. The molecule has 0 aliphatic heterocycles. The van der Waals surface area contributed by atoms with Crippen molar-refractivity contribution in [2.24, 2.45) is 0 Å². The van der Waals surface area contributed by atoms with Crippen LogP contribution < -0.4 is 5.32 Å². The van der Waals surface area contributed by atoms with E-state index in [2.05, 4.69) is 61.1 Å². The van der Waals surface area contributed by atoms with Crippen molar-refractivity contribution in [3.63, 3.8) is 0 Å². The van der Waals surface area contributed by atoms with E-state index in [0.717, 1.165) is 24.2 Å². The zero-order chi connectivity index (χ0) is 13.3. The molecule has 1 aromatic heterocycles. The van der Waals surface area contributed by atoms with Crippen LogP contribution in [0, 0.1) is 13.8 Å². The van der Waals surface area contributed by atoms with Gasteiger partial charge in [-0.2, -0.15) is 0 Å². The van der Waals surface area contributed by atoms with Crippen molar-refractivity contribution in [3.05, 3.63) is 33.4 Å². The molecule has 0 aliphatic carbocycles. The Labute approximate surface area is 117 Å². The lowest BCUT2D eigenvalue weighted by Crippen LogP contribution is -2.02. The van der Waals surface area contributed by atoms with Crippen LogP contribution in [0.3, 0.4) is 0 Å². The van der Waals surface area contributed by atoms with Gasteiger partial charge in [-0.05, 0) is 50.5 Å². The Morgan fingerprint density at radius 1 is 1.22 bits per heavy atom. The molecule has 2 nitrogen and oxygen atoms in total. The maximum absolute atomic E-state index is 4.74. The number of rotatable bonds is 3. The van der Waals surface area contributed by atoms with Gasteiger partial charge in [0, 0.05) is 27.8 Å². The summed E-state index contributed by atoms with van der Waals surface area (Å²) in [5, 5.41) is 4.68. The van der Waals surface area contributed by atoms with Gasteiger partial charge in [0.2, 0.25) is 0 Å². The van der Waals surface area contributed by atoms with Gasteiger partial charge in [0.25, 0.3) is 0 Å². The molecule has 0 spiro atoms. The van der Waals surface area contributed by atoms with Gasteiger partial charge in [0.15, 0.2) is 0 Å². The van der Waals surface area contributed by atoms with Crippen molar-refractivity contribution in [2.45, 2.75) is 34.1 Å². The third-order valence-electron chi connectivity index (χ3n) is 3.23. The number of benzene rings is 1. The monoisotopic (exact) mass is 306 g/mol. The zero-order valence-electron chi connectivity index (χ0n) is 11.4. The van der Waals surface area contributed by atoms with Crippen LogP contribution in [0.4, 0.5) is 5.69 Å². The highest BCUT2D eigenvalue weighted by molar-refractivity contribution is 9.10. The molecule has 2 aromatic rings. The molecular formula is C15H19BrN2. The quantitative estimate of drug-likeness (QED) is 0.896. The number of nitrogens with one attached hydrogen (secondary N) is 1. The number of fused-ring (bicyclic) bond motifs is 1. The molecule has 0 unspecified atom stereocenters. The van der Waals surface area contributed by atoms with Crippen molar-refractivity contribution in [2.75, 3.05) is 11.9 Å². The highest BCUT2D eigenvalue weighted by Gasteiger charge is 2.11. The Kier molecular flexibility index (Phi) is 3.91. The first kappa shape index (κ1) is 13.3. The Morgan fingerprint density at radius 2 is 1.94 bits per heavy atom. The second-order valence-electron chi connectivity index (χ2n) is 4.57. The van der Waals surface area contributed by atoms with E-state index in [4.69, 9.17) is 4.98 Å². The standard InChI is InChI=1S/C15H19BrN2/c1-5-11-8-12(17-6-2)14-10(4)15(16)9(3)7-13(14)18-11/h7-8H,5-6H2,1-4H3,(H,17,18). The van der Waals surface area contributed by atoms with Crippen LogP contribution >= 0.6 is 15.9 Å². The highest BCUT2D eigenvalue weighted by Crippen LogP contribution is 2.33. The minimum Gasteiger partial charge on any atom is -0.385 e. The lowest BCUT2D eigenvalue weighted by Gasteiger charge is -2.14. The zero-order valence-corrected chi connectivity index (χ0v) is 13.0. The summed E-state index contributed by atoms with van der Waals surface area (Å²) in [6.45, 7) is 9.45. The predicted octanol–water partition coefficient (Wildman–Crippen LogP) is 4.61. The molecule has 0 bridgehead atoms. The Bertz CT molecular complexity index is 591. The van der Waals surface area contributed by atoms with Gasteiger partial charge in [0.05, 0.1) is 5.52 Å². The molecule has 18 heavy (non-hydrogen) atoms. The van der Waals surface area contributed by atoms with E-state index < -0.39 is 0 Å². The first-order valence-electron chi connectivity index (χ1n) is 6.41. The maximum Gasteiger partial charge on any atom is 0.0732 e. The fourth-order valence-corrected chi connectivity index (χ4v) is 2.62. The first-order valence-corrected chi connectivity index (χ1v) is 7.21. The predicted molar refractivity (Wildman–Crippen MR) is 82.5 cm³/mol. The number of halogens is 1. The number of aryl methyl sites for hydroxylation is 3. The van der Waals surface area contributed by atoms with Gasteiger partial charge < -0.3 is 5.32 Å². The largest absolute Gasteiger partial charge is 0.385 e. The number of pyridine rings is 1. The van der Waals surface area contributed by atoms with Gasteiger partial charge >= 0.3 is 0 Å². The number of aromatic nitrogens is 1. The van der Waals surface area contributed by atoms with Crippen LogP contribution in [0.25, 0.3) is 10.9 Å². The maximum atomic E-state index is 4.74. The number of nitrogens with zero attached hydrogens (tertiary/aromatic N) is 1. The number of hydrogen-bond acceptors (Lipinski definition) is 2. The molecule has 0 fully saturated rings. The van der Waals surface area contributed by atoms with Crippen LogP contribution in [0.1, 0.15) is 30.7 Å². The van der Waals surface area contributed by atoms with E-state index in [1.807, 2.05) is 0 Å². The summed E-state index contributed by atoms with van der Waals surface area (Å²) in [6.07, 6.45) is 0.961. The minimum atomic E-state index is 0.924. The van der Waals surface area contributed by atoms with Crippen molar-refractivity contribution in [3.8, 4) is 0 Å². The molecule has 96 valence electrons. The van der Waals surface area contributed by atoms with Gasteiger partial charge in [-0.25, -0.2) is 0 Å². The second-order valence-corrected chi connectivity index (χ2v) is 5.36. The second kappa shape index (κ2) is 5.27. The Morgan fingerprint density at radius 3 is 2.56 bits per heavy atom. The van der Waals surface area contributed by atoms with Crippen LogP contribution in [0.15, 0.2) is 16.6 Å². The van der Waals surface area contributed by atoms with Gasteiger partial charge in [0.1, 0.15) is 0 Å². The third-order valence-corrected chi connectivity index (χ3v) is 4.45. The molecule has 0 radical (unpaired) electrons. The topological polar surface area (TPSA) is 24.9 Å². The van der Waals surface area contributed by atoms with Gasteiger partial charge in [-0.3, -0.25) is 4.98 Å². The average Bonchev–Trinajstić information content (AvgIpc) is 2.35. The molecule has 0 saturated heterocycles. The van der Waals surface area contributed by atoms with Gasteiger partial charge in [-0.1, -0.05) is 22.9 Å². The SMILES string of the molecule is CCNc1cc(CC)nc2cc(C)c(Br)c(C)c12. The van der Waals surface area contributed by atoms with E-state index in [1.165, 1.54) is 26.7 Å². The van der Waals surface area contributed by atoms with Crippen LogP contribution in [0.2, 0.25) is 0 Å². The summed E-state index contributed by atoms with van der Waals surface area (Å²) in [6, 6.07) is 4.33. The molecule has 0 aliphatic rings. The Balaban J connectivity index is 2.82. The molecule has 1 N–H and O–H groups in total. The molecule has 3 heteroatoms. The lowest BCUT2D eigenvalue weighted by atomic mass is 10.0. The minimum absolute atomic E-state index is 0.924. The van der Waals surface area contributed by atoms with Crippen LogP contribution in [-0.4, -0.2) is 11.5 Å². The molecule has 0 amide bonds. The molecule has 1 aromatic carbocycles. The summed E-state index contributed by atoms with van der Waals surface area (Å²) in [7, 11) is 0. The van der Waals surface area contributed by atoms with Gasteiger partial charge in [-0.15, -0.1) is 0 Å². The third kappa shape index (κ3) is 2.24. The van der Waals surface area contributed by atoms with E-state index in [-0.39, 0.29) is 0 Å². The molecular weight excluding hydrogens is 288 g/mol. The van der Waals surface area contributed by atoms with E-state index in [1.54, 1.807) is 0 Å². The van der Waals surface area contributed by atoms with E-state index in [0.29, 0.717) is 0 Å². The number of hydrogen-bond donors (Lipinski definition) is 1. The van der Waals surface area contributed by atoms with E-state index >= 15 is 0 Å². The van der Waals surface area contributed by atoms with Crippen LogP contribution in [-0.2, 0) is 6.42 Å². The first-order chi connectivity index (χ1) is 8.58. The summed E-state index contributed by atoms with van der Waals surface area (Å²) < 4.78 is 1.18. The molecule has 0 saturated carbocycles. The summed E-state index contributed by atoms with van der Waals surface area (Å²) in [4.78, 5) is 4.74. The summed E-state index contributed by atoms with van der Waals surface area (Å²) in [5.41, 5.74) is 5.92. The summed E-state index contributed by atoms with van der Waals surface area (Å²) in [5.74, 6) is 0. The molecule has 2 rings (SSSR count). The number of anilines is 1. The van der Waals surface area contributed by atoms with E-state index in [9.17, 15) is 0 Å².